The summed E-state index contributed by atoms with van der Waals surface area (Å²) in [4.78, 5) is 11.6. The van der Waals surface area contributed by atoms with Crippen molar-refractivity contribution >= 4 is 5.78 Å². The first-order chi connectivity index (χ1) is 8.18. The molecular formula is C12H15F2NO2. The van der Waals surface area contributed by atoms with Crippen LogP contribution in [0.25, 0.3) is 0 Å². The van der Waals surface area contributed by atoms with E-state index in [9.17, 15) is 13.6 Å². The summed E-state index contributed by atoms with van der Waals surface area (Å²) in [7, 11) is 0. The van der Waals surface area contributed by atoms with Gasteiger partial charge in [-0.15, -0.1) is 0 Å². The summed E-state index contributed by atoms with van der Waals surface area (Å²) in [6.07, 6.45) is 1.77. The predicted octanol–water partition coefficient (Wildman–Crippen LogP) is 2.29. The fraction of sp³-hybridized carbons (Fsp3) is 0.583. The summed E-state index contributed by atoms with van der Waals surface area (Å²) in [5.74, 6) is 0.179. The Labute approximate surface area is 98.4 Å². The summed E-state index contributed by atoms with van der Waals surface area (Å²) in [5, 5.41) is 0. The Morgan fingerprint density at radius 2 is 2.24 bits per heavy atom. The molecule has 94 valence electrons. The molecule has 1 aromatic rings. The van der Waals surface area contributed by atoms with Gasteiger partial charge in [0, 0.05) is 30.4 Å². The van der Waals surface area contributed by atoms with Crippen molar-refractivity contribution in [3.63, 3.8) is 0 Å². The molecule has 5 heteroatoms. The number of nitrogens with zero attached hydrogens (tertiary/aromatic N) is 1. The standard InChI is InChI=1S/C12H15F2NO2/c13-12(14)8-17-7-6-15-5-4-9-10(15)2-1-3-11(9)16/h4-5,12H,1-3,6-8H2. The molecule has 0 unspecified atom stereocenters. The van der Waals surface area contributed by atoms with Crippen LogP contribution in [0.2, 0.25) is 0 Å². The molecule has 1 aliphatic rings. The molecular weight excluding hydrogens is 228 g/mol. The molecule has 0 bridgehead atoms. The van der Waals surface area contributed by atoms with Crippen LogP contribution in [0.3, 0.4) is 0 Å². The number of ketones is 1. The average Bonchev–Trinajstić information content (AvgIpc) is 2.69. The highest BCUT2D eigenvalue weighted by molar-refractivity contribution is 5.98. The van der Waals surface area contributed by atoms with E-state index in [2.05, 4.69) is 0 Å². The Morgan fingerprint density at radius 1 is 1.41 bits per heavy atom. The number of rotatable bonds is 5. The van der Waals surface area contributed by atoms with E-state index in [4.69, 9.17) is 4.74 Å². The van der Waals surface area contributed by atoms with Crippen molar-refractivity contribution in [2.75, 3.05) is 13.2 Å². The van der Waals surface area contributed by atoms with Gasteiger partial charge >= 0.3 is 0 Å². The van der Waals surface area contributed by atoms with Crippen LogP contribution in [-0.4, -0.2) is 30.0 Å². The molecule has 1 aliphatic carbocycles. The number of alkyl halides is 2. The molecule has 2 rings (SSSR count). The molecule has 0 radical (unpaired) electrons. The molecule has 0 amide bonds. The first kappa shape index (κ1) is 12.2. The van der Waals surface area contributed by atoms with Gasteiger partial charge in [0.25, 0.3) is 6.43 Å². The van der Waals surface area contributed by atoms with Crippen molar-refractivity contribution in [3.05, 3.63) is 23.5 Å². The maximum atomic E-state index is 11.8. The molecule has 0 aliphatic heterocycles. The number of fused-ring (bicyclic) bond motifs is 1. The van der Waals surface area contributed by atoms with Crippen LogP contribution in [-0.2, 0) is 17.7 Å². The van der Waals surface area contributed by atoms with Crippen LogP contribution >= 0.6 is 0 Å². The van der Waals surface area contributed by atoms with E-state index in [1.807, 2.05) is 16.8 Å². The molecule has 0 saturated heterocycles. The van der Waals surface area contributed by atoms with Crippen molar-refractivity contribution in [1.82, 2.24) is 4.57 Å². The topological polar surface area (TPSA) is 31.2 Å². The molecule has 0 saturated carbocycles. The number of hydrogen-bond acceptors (Lipinski definition) is 2. The Bertz CT molecular complexity index is 401. The molecule has 17 heavy (non-hydrogen) atoms. The van der Waals surface area contributed by atoms with Crippen LogP contribution < -0.4 is 0 Å². The van der Waals surface area contributed by atoms with E-state index in [1.165, 1.54) is 0 Å². The zero-order chi connectivity index (χ0) is 12.3. The summed E-state index contributed by atoms with van der Waals surface area (Å²) < 4.78 is 30.5. The van der Waals surface area contributed by atoms with Crippen LogP contribution in [0.15, 0.2) is 12.3 Å². The highest BCUT2D eigenvalue weighted by atomic mass is 19.3. The lowest BCUT2D eigenvalue weighted by Crippen LogP contribution is -2.16. The highest BCUT2D eigenvalue weighted by Crippen LogP contribution is 2.22. The van der Waals surface area contributed by atoms with Crippen LogP contribution in [0.4, 0.5) is 8.78 Å². The van der Waals surface area contributed by atoms with E-state index in [0.717, 1.165) is 24.1 Å². The molecule has 0 fully saturated rings. The predicted molar refractivity (Wildman–Crippen MR) is 58.5 cm³/mol. The monoisotopic (exact) mass is 243 g/mol. The van der Waals surface area contributed by atoms with Crippen molar-refractivity contribution in [2.24, 2.45) is 0 Å². The zero-order valence-electron chi connectivity index (χ0n) is 9.49. The molecule has 3 nitrogen and oxygen atoms in total. The minimum atomic E-state index is -2.42. The molecule has 1 aromatic heterocycles. The second-order valence-corrected chi connectivity index (χ2v) is 4.11. The lowest BCUT2D eigenvalue weighted by Gasteiger charge is -2.14. The first-order valence-corrected chi connectivity index (χ1v) is 5.75. The van der Waals surface area contributed by atoms with Gasteiger partial charge in [-0.3, -0.25) is 4.79 Å². The fourth-order valence-corrected chi connectivity index (χ4v) is 2.13. The minimum absolute atomic E-state index is 0.179. The van der Waals surface area contributed by atoms with Crippen molar-refractivity contribution in [3.8, 4) is 0 Å². The number of ether oxygens (including phenoxy) is 1. The van der Waals surface area contributed by atoms with Crippen LogP contribution in [0.5, 0.6) is 0 Å². The van der Waals surface area contributed by atoms with Gasteiger partial charge in [-0.25, -0.2) is 8.78 Å². The maximum absolute atomic E-state index is 11.8. The molecule has 0 atom stereocenters. The van der Waals surface area contributed by atoms with Gasteiger partial charge in [0.15, 0.2) is 5.78 Å². The van der Waals surface area contributed by atoms with E-state index in [1.54, 1.807) is 0 Å². The Morgan fingerprint density at radius 3 is 3.00 bits per heavy atom. The zero-order valence-corrected chi connectivity index (χ0v) is 9.49. The van der Waals surface area contributed by atoms with Crippen molar-refractivity contribution in [1.29, 1.82) is 0 Å². The number of halogens is 2. The number of hydrogen-bond donors (Lipinski definition) is 0. The van der Waals surface area contributed by atoms with E-state index < -0.39 is 13.0 Å². The van der Waals surface area contributed by atoms with Gasteiger partial charge in [0.2, 0.25) is 0 Å². The molecule has 0 N–H and O–H groups in total. The van der Waals surface area contributed by atoms with E-state index >= 15 is 0 Å². The SMILES string of the molecule is O=C1CCCc2c1ccn2CCOCC(F)F. The van der Waals surface area contributed by atoms with E-state index in [0.29, 0.717) is 13.0 Å². The van der Waals surface area contributed by atoms with Gasteiger partial charge < -0.3 is 9.30 Å². The van der Waals surface area contributed by atoms with Gasteiger partial charge in [-0.2, -0.15) is 0 Å². The largest absolute Gasteiger partial charge is 0.374 e. The third-order valence-electron chi connectivity index (χ3n) is 2.92. The highest BCUT2D eigenvalue weighted by Gasteiger charge is 2.20. The quantitative estimate of drug-likeness (QED) is 0.743. The second-order valence-electron chi connectivity index (χ2n) is 4.11. The molecule has 0 aromatic carbocycles. The third-order valence-corrected chi connectivity index (χ3v) is 2.92. The molecule has 0 spiro atoms. The summed E-state index contributed by atoms with van der Waals surface area (Å²) >= 11 is 0. The van der Waals surface area contributed by atoms with Gasteiger partial charge in [0.1, 0.15) is 6.61 Å². The Kier molecular flexibility index (Phi) is 3.89. The normalized spacial score (nSPS) is 15.4. The summed E-state index contributed by atoms with van der Waals surface area (Å²) in [5.41, 5.74) is 1.80. The van der Waals surface area contributed by atoms with Crippen molar-refractivity contribution in [2.45, 2.75) is 32.2 Å². The van der Waals surface area contributed by atoms with E-state index in [-0.39, 0.29) is 12.4 Å². The Hall–Kier alpha value is -1.23. The van der Waals surface area contributed by atoms with Gasteiger partial charge in [0.05, 0.1) is 6.61 Å². The number of carbonyl (C=O) groups excluding carboxylic acids is 1. The minimum Gasteiger partial charge on any atom is -0.374 e. The van der Waals surface area contributed by atoms with Gasteiger partial charge in [-0.1, -0.05) is 0 Å². The van der Waals surface area contributed by atoms with Gasteiger partial charge in [-0.05, 0) is 18.9 Å². The fourth-order valence-electron chi connectivity index (χ4n) is 2.13. The van der Waals surface area contributed by atoms with Crippen LogP contribution in [0.1, 0.15) is 28.9 Å². The van der Waals surface area contributed by atoms with Crippen molar-refractivity contribution < 1.29 is 18.3 Å². The van der Waals surface area contributed by atoms with Crippen LogP contribution in [0, 0.1) is 0 Å². The smallest absolute Gasteiger partial charge is 0.261 e. The second kappa shape index (κ2) is 5.40. The number of Topliss-reactive ketones (excluding diaryl/α,β-unsaturated/α-hetero) is 1. The number of carbonyl (C=O) groups is 1. The lowest BCUT2D eigenvalue weighted by atomic mass is 9.97. The number of aromatic nitrogens is 1. The average molecular weight is 243 g/mol. The third kappa shape index (κ3) is 2.91. The Balaban J connectivity index is 1.91. The summed E-state index contributed by atoms with van der Waals surface area (Å²) in [6.45, 7) is 0.247. The molecule has 1 heterocycles. The maximum Gasteiger partial charge on any atom is 0.261 e. The summed E-state index contributed by atoms with van der Waals surface area (Å²) in [6, 6.07) is 1.81. The lowest BCUT2D eigenvalue weighted by molar-refractivity contribution is 0.0146. The first-order valence-electron chi connectivity index (χ1n) is 5.75.